The molecule has 0 saturated carbocycles. The van der Waals surface area contributed by atoms with Crippen LogP contribution in [0.5, 0.6) is 5.75 Å². The smallest absolute Gasteiger partial charge is 0.133 e. The van der Waals surface area contributed by atoms with Crippen molar-refractivity contribution in [3.63, 3.8) is 0 Å². The van der Waals surface area contributed by atoms with E-state index in [1.165, 1.54) is 11.1 Å². The lowest BCUT2D eigenvalue weighted by molar-refractivity contribution is 0.412. The van der Waals surface area contributed by atoms with Gasteiger partial charge in [0.25, 0.3) is 0 Å². The van der Waals surface area contributed by atoms with Crippen molar-refractivity contribution in [2.75, 3.05) is 13.7 Å². The minimum atomic E-state index is 0.176. The second kappa shape index (κ2) is 7.25. The van der Waals surface area contributed by atoms with Crippen molar-refractivity contribution in [1.29, 1.82) is 0 Å². The fourth-order valence-electron chi connectivity index (χ4n) is 2.15. The molecule has 0 saturated heterocycles. The minimum Gasteiger partial charge on any atom is -0.496 e. The van der Waals surface area contributed by atoms with Crippen LogP contribution >= 0.6 is 31.9 Å². The molecule has 1 unspecified atom stereocenters. The van der Waals surface area contributed by atoms with E-state index in [1.54, 1.807) is 7.11 Å². The second-order valence-electron chi connectivity index (χ2n) is 4.44. The van der Waals surface area contributed by atoms with Crippen molar-refractivity contribution in [3.8, 4) is 5.75 Å². The van der Waals surface area contributed by atoms with E-state index < -0.39 is 0 Å². The Morgan fingerprint density at radius 3 is 2.25 bits per heavy atom. The molecule has 20 heavy (non-hydrogen) atoms. The van der Waals surface area contributed by atoms with E-state index in [1.807, 2.05) is 6.07 Å². The molecule has 1 N–H and O–H groups in total. The first-order chi connectivity index (χ1) is 9.65. The highest BCUT2D eigenvalue weighted by molar-refractivity contribution is 9.10. The molecular formula is C16H17Br2NO. The van der Waals surface area contributed by atoms with Crippen LogP contribution in [0.4, 0.5) is 0 Å². The van der Waals surface area contributed by atoms with Crippen molar-refractivity contribution < 1.29 is 4.74 Å². The number of methoxy groups -OCH3 is 1. The van der Waals surface area contributed by atoms with Gasteiger partial charge in [0.15, 0.2) is 0 Å². The maximum atomic E-state index is 5.29. The van der Waals surface area contributed by atoms with Gasteiger partial charge >= 0.3 is 0 Å². The van der Waals surface area contributed by atoms with Crippen LogP contribution in [-0.2, 0) is 0 Å². The molecule has 0 heterocycles. The number of nitrogens with one attached hydrogen (secondary N) is 1. The molecule has 0 bridgehead atoms. The summed E-state index contributed by atoms with van der Waals surface area (Å²) in [5, 5.41) is 3.52. The molecule has 2 aromatic carbocycles. The minimum absolute atomic E-state index is 0.176. The van der Waals surface area contributed by atoms with Crippen LogP contribution in [0.1, 0.15) is 24.1 Å². The summed E-state index contributed by atoms with van der Waals surface area (Å²) in [4.78, 5) is 0. The first-order valence-corrected chi connectivity index (χ1v) is 8.06. The number of hydrogen-bond donors (Lipinski definition) is 1. The highest BCUT2D eigenvalue weighted by Crippen LogP contribution is 2.31. The summed E-state index contributed by atoms with van der Waals surface area (Å²) in [6, 6.07) is 14.8. The third-order valence-corrected chi connectivity index (χ3v) is 4.27. The summed E-state index contributed by atoms with van der Waals surface area (Å²) in [5.74, 6) is 0.847. The van der Waals surface area contributed by atoms with E-state index in [9.17, 15) is 0 Å². The topological polar surface area (TPSA) is 21.3 Å². The fourth-order valence-corrected chi connectivity index (χ4v) is 2.97. The fraction of sp³-hybridized carbons (Fsp3) is 0.250. The Morgan fingerprint density at radius 1 is 1.05 bits per heavy atom. The van der Waals surface area contributed by atoms with Gasteiger partial charge in [-0.3, -0.25) is 0 Å². The molecule has 4 heteroatoms. The zero-order chi connectivity index (χ0) is 14.5. The second-order valence-corrected chi connectivity index (χ2v) is 6.21. The lowest BCUT2D eigenvalue weighted by atomic mass is 9.98. The molecule has 2 rings (SSSR count). The molecule has 2 aromatic rings. The lowest BCUT2D eigenvalue weighted by Gasteiger charge is -2.20. The molecule has 0 aliphatic heterocycles. The average Bonchev–Trinajstić information content (AvgIpc) is 2.46. The third-order valence-electron chi connectivity index (χ3n) is 3.12. The van der Waals surface area contributed by atoms with Crippen LogP contribution in [-0.4, -0.2) is 13.7 Å². The number of halogens is 2. The summed E-state index contributed by atoms with van der Waals surface area (Å²) in [7, 11) is 1.68. The number of ether oxygens (including phenoxy) is 1. The molecule has 0 spiro atoms. The van der Waals surface area contributed by atoms with Gasteiger partial charge in [-0.25, -0.2) is 0 Å². The van der Waals surface area contributed by atoms with Crippen molar-refractivity contribution in [3.05, 3.63) is 62.5 Å². The van der Waals surface area contributed by atoms with Gasteiger partial charge in [0.2, 0.25) is 0 Å². The predicted molar refractivity (Wildman–Crippen MR) is 90.4 cm³/mol. The van der Waals surface area contributed by atoms with Gasteiger partial charge in [-0.2, -0.15) is 0 Å². The van der Waals surface area contributed by atoms with E-state index in [-0.39, 0.29) is 6.04 Å². The largest absolute Gasteiger partial charge is 0.496 e. The molecule has 0 aliphatic carbocycles. The van der Waals surface area contributed by atoms with Gasteiger partial charge in [-0.05, 0) is 57.9 Å². The maximum absolute atomic E-state index is 5.29. The Labute approximate surface area is 136 Å². The lowest BCUT2D eigenvalue weighted by Crippen LogP contribution is -2.21. The molecule has 0 aromatic heterocycles. The quantitative estimate of drug-likeness (QED) is 0.771. The number of hydrogen-bond acceptors (Lipinski definition) is 2. The zero-order valence-electron chi connectivity index (χ0n) is 11.5. The van der Waals surface area contributed by atoms with Gasteiger partial charge in [-0.1, -0.05) is 41.1 Å². The first-order valence-electron chi connectivity index (χ1n) is 6.48. The average molecular weight is 399 g/mol. The van der Waals surface area contributed by atoms with E-state index >= 15 is 0 Å². The Balaban J connectivity index is 2.37. The summed E-state index contributed by atoms with van der Waals surface area (Å²) in [6.45, 7) is 3.02. The standard InChI is InChI=1S/C16H17Br2NO/c1-3-19-16(11-4-7-13(17)8-5-11)12-6-9-15(20-2)14(18)10-12/h4-10,16,19H,3H2,1-2H3. The maximum Gasteiger partial charge on any atom is 0.133 e. The Hall–Kier alpha value is -0.840. The van der Waals surface area contributed by atoms with E-state index in [2.05, 4.69) is 80.5 Å². The highest BCUT2D eigenvalue weighted by Gasteiger charge is 2.14. The van der Waals surface area contributed by atoms with Crippen LogP contribution in [0, 0.1) is 0 Å². The van der Waals surface area contributed by atoms with Gasteiger partial charge in [0.1, 0.15) is 5.75 Å². The normalized spacial score (nSPS) is 12.2. The van der Waals surface area contributed by atoms with E-state index in [0.717, 1.165) is 21.2 Å². The van der Waals surface area contributed by atoms with Crippen LogP contribution in [0.3, 0.4) is 0 Å². The number of rotatable bonds is 5. The monoisotopic (exact) mass is 397 g/mol. The summed E-state index contributed by atoms with van der Waals surface area (Å²) < 4.78 is 7.35. The van der Waals surface area contributed by atoms with Gasteiger partial charge in [-0.15, -0.1) is 0 Å². The van der Waals surface area contributed by atoms with Crippen molar-refractivity contribution >= 4 is 31.9 Å². The summed E-state index contributed by atoms with van der Waals surface area (Å²) >= 11 is 7.03. The Kier molecular flexibility index (Phi) is 5.64. The number of benzene rings is 2. The van der Waals surface area contributed by atoms with Crippen molar-refractivity contribution in [2.45, 2.75) is 13.0 Å². The Bertz CT molecular complexity index is 569. The first kappa shape index (κ1) is 15.5. The summed E-state index contributed by atoms with van der Waals surface area (Å²) in [6.07, 6.45) is 0. The van der Waals surface area contributed by atoms with Crippen LogP contribution < -0.4 is 10.1 Å². The van der Waals surface area contributed by atoms with Gasteiger partial charge in [0.05, 0.1) is 17.6 Å². The van der Waals surface area contributed by atoms with Gasteiger partial charge in [0, 0.05) is 4.47 Å². The van der Waals surface area contributed by atoms with Crippen LogP contribution in [0.15, 0.2) is 51.4 Å². The third kappa shape index (κ3) is 3.62. The molecular weight excluding hydrogens is 382 g/mol. The highest BCUT2D eigenvalue weighted by atomic mass is 79.9. The zero-order valence-corrected chi connectivity index (χ0v) is 14.7. The molecule has 0 radical (unpaired) electrons. The summed E-state index contributed by atoms with van der Waals surface area (Å²) in [5.41, 5.74) is 2.45. The van der Waals surface area contributed by atoms with Crippen LogP contribution in [0.25, 0.3) is 0 Å². The molecule has 106 valence electrons. The van der Waals surface area contributed by atoms with Gasteiger partial charge < -0.3 is 10.1 Å². The molecule has 0 fully saturated rings. The predicted octanol–water partition coefficient (Wildman–Crippen LogP) is 4.92. The van der Waals surface area contributed by atoms with Crippen molar-refractivity contribution in [2.24, 2.45) is 0 Å². The van der Waals surface area contributed by atoms with E-state index in [0.29, 0.717) is 0 Å². The molecule has 0 amide bonds. The molecule has 2 nitrogen and oxygen atoms in total. The molecule has 0 aliphatic rings. The van der Waals surface area contributed by atoms with E-state index in [4.69, 9.17) is 4.74 Å². The molecule has 1 atom stereocenters. The van der Waals surface area contributed by atoms with Crippen molar-refractivity contribution in [1.82, 2.24) is 5.32 Å². The SMILES string of the molecule is CCNC(c1ccc(Br)cc1)c1ccc(OC)c(Br)c1. The van der Waals surface area contributed by atoms with Crippen LogP contribution in [0.2, 0.25) is 0 Å². The Morgan fingerprint density at radius 2 is 1.70 bits per heavy atom.